The van der Waals surface area contributed by atoms with Gasteiger partial charge in [0.2, 0.25) is 0 Å². The number of allylic oxidation sites excluding steroid dienone is 4. The van der Waals surface area contributed by atoms with E-state index in [1.807, 2.05) is 0 Å². The smallest absolute Gasteiger partial charge is 0.450 e. The Balaban J connectivity index is 3.53. The van der Waals surface area contributed by atoms with E-state index in [1.165, 1.54) is 180 Å². The van der Waals surface area contributed by atoms with Gasteiger partial charge in [0.25, 0.3) is 0 Å². The van der Waals surface area contributed by atoms with Crippen LogP contribution in [0.25, 0.3) is 0 Å². The summed E-state index contributed by atoms with van der Waals surface area (Å²) in [5.41, 5.74) is 0. The van der Waals surface area contributed by atoms with Crippen molar-refractivity contribution in [3.63, 3.8) is 0 Å². The first-order valence-electron chi connectivity index (χ1n) is 19.9. The molecule has 0 saturated carbocycles. The molecule has 0 rings (SSSR count). The second kappa shape index (κ2) is 37.2. The maximum atomic E-state index is 11.2. The van der Waals surface area contributed by atoms with E-state index in [-0.39, 0.29) is 6.10 Å². The van der Waals surface area contributed by atoms with Crippen LogP contribution in [0.3, 0.4) is 0 Å². The minimum absolute atomic E-state index is 0.117. The van der Waals surface area contributed by atoms with Crippen molar-refractivity contribution in [1.82, 2.24) is 4.90 Å². The third-order valence-electron chi connectivity index (χ3n) is 9.10. The molecule has 4 nitrogen and oxygen atoms in total. The van der Waals surface area contributed by atoms with Gasteiger partial charge in [0.1, 0.15) is 6.10 Å². The lowest BCUT2D eigenvalue weighted by molar-refractivity contribution is 0.0422. The molecule has 0 fully saturated rings. The molecule has 0 aromatic heterocycles. The fourth-order valence-electron chi connectivity index (χ4n) is 6.18. The molecule has 4 heteroatoms. The quantitative estimate of drug-likeness (QED) is 0.0424. The van der Waals surface area contributed by atoms with Crippen LogP contribution in [0.15, 0.2) is 24.3 Å². The van der Waals surface area contributed by atoms with Gasteiger partial charge in [-0.1, -0.05) is 147 Å². The molecular weight excluding hydrogens is 554 g/mol. The van der Waals surface area contributed by atoms with Crippen LogP contribution >= 0.6 is 0 Å². The second-order valence-corrected chi connectivity index (χ2v) is 14.0. The van der Waals surface area contributed by atoms with Gasteiger partial charge in [0, 0.05) is 0 Å². The van der Waals surface area contributed by atoms with Gasteiger partial charge >= 0.3 is 6.16 Å². The van der Waals surface area contributed by atoms with Gasteiger partial charge in [-0.15, -0.1) is 0 Å². The zero-order chi connectivity index (χ0) is 32.9. The fraction of sp³-hybridized carbons (Fsp3) is 0.878. The summed E-state index contributed by atoms with van der Waals surface area (Å²) in [6.45, 7) is 3.51. The van der Waals surface area contributed by atoms with E-state index in [9.17, 15) is 4.79 Å². The number of unbranched alkanes of at least 4 members (excludes halogenated alkanes) is 25. The molecule has 0 aromatic rings. The van der Waals surface area contributed by atoms with E-state index >= 15 is 0 Å². The topological polar surface area (TPSA) is 49.8 Å². The first-order chi connectivity index (χ1) is 22.1. The molecule has 1 unspecified atom stereocenters. The summed E-state index contributed by atoms with van der Waals surface area (Å²) in [6, 6.07) is 0. The van der Waals surface area contributed by atoms with Crippen molar-refractivity contribution in [2.45, 2.75) is 212 Å². The predicted octanol–water partition coefficient (Wildman–Crippen LogP) is 13.8. The molecule has 1 atom stereocenters. The van der Waals surface area contributed by atoms with Gasteiger partial charge in [-0.3, -0.25) is 0 Å². The molecule has 0 bridgehead atoms. The summed E-state index contributed by atoms with van der Waals surface area (Å²) in [6.07, 6.45) is 47.9. The van der Waals surface area contributed by atoms with Crippen LogP contribution in [-0.2, 0) is 4.74 Å². The van der Waals surface area contributed by atoms with Gasteiger partial charge < -0.3 is 14.7 Å². The molecule has 266 valence electrons. The van der Waals surface area contributed by atoms with Crippen molar-refractivity contribution in [3.8, 4) is 0 Å². The summed E-state index contributed by atoms with van der Waals surface area (Å²) in [5, 5.41) is 9.14. The summed E-state index contributed by atoms with van der Waals surface area (Å²) in [4.78, 5) is 13.4. The minimum Gasteiger partial charge on any atom is -0.450 e. The highest BCUT2D eigenvalue weighted by molar-refractivity contribution is 5.57. The Hall–Kier alpha value is -1.29. The largest absolute Gasteiger partial charge is 0.506 e. The molecule has 0 aromatic carbocycles. The zero-order valence-electron chi connectivity index (χ0n) is 30.7. The lowest BCUT2D eigenvalue weighted by Crippen LogP contribution is -2.16. The van der Waals surface area contributed by atoms with Crippen LogP contribution < -0.4 is 0 Å². The van der Waals surface area contributed by atoms with E-state index < -0.39 is 6.16 Å². The molecule has 1 N–H and O–H groups in total. The molecule has 0 aliphatic carbocycles. The van der Waals surface area contributed by atoms with Crippen LogP contribution in [-0.4, -0.2) is 42.9 Å². The average Bonchev–Trinajstić information content (AvgIpc) is 3.01. The summed E-state index contributed by atoms with van der Waals surface area (Å²) >= 11 is 0. The average molecular weight is 634 g/mol. The Kier molecular flexibility index (Phi) is 36.1. The lowest BCUT2D eigenvalue weighted by atomic mass is 10.0. The van der Waals surface area contributed by atoms with E-state index in [1.54, 1.807) is 0 Å². The van der Waals surface area contributed by atoms with Gasteiger partial charge in [-0.05, 0) is 104 Å². The van der Waals surface area contributed by atoms with Gasteiger partial charge in [-0.2, -0.15) is 0 Å². The SMILES string of the molecule is CCCCCCCCC=CCCCCCCCC(CCCCCCCC=CCCCCCCCCCCCN(C)C)OC(=O)O. The number of carbonyl (C=O) groups is 1. The minimum atomic E-state index is -1.11. The maximum Gasteiger partial charge on any atom is 0.506 e. The summed E-state index contributed by atoms with van der Waals surface area (Å²) < 4.78 is 5.21. The fourth-order valence-corrected chi connectivity index (χ4v) is 6.18. The van der Waals surface area contributed by atoms with Crippen molar-refractivity contribution < 1.29 is 14.6 Å². The Morgan fingerprint density at radius 2 is 0.822 bits per heavy atom. The highest BCUT2D eigenvalue weighted by atomic mass is 16.7. The summed E-state index contributed by atoms with van der Waals surface area (Å²) in [5.74, 6) is 0. The third-order valence-corrected chi connectivity index (χ3v) is 9.10. The molecule has 0 aliphatic rings. The molecule has 0 aliphatic heterocycles. The van der Waals surface area contributed by atoms with Crippen LogP contribution in [0.1, 0.15) is 206 Å². The molecule has 0 amide bonds. The van der Waals surface area contributed by atoms with E-state index in [0.717, 1.165) is 25.7 Å². The number of hydrogen-bond donors (Lipinski definition) is 1. The van der Waals surface area contributed by atoms with Crippen LogP contribution in [0.5, 0.6) is 0 Å². The Morgan fingerprint density at radius 3 is 1.16 bits per heavy atom. The van der Waals surface area contributed by atoms with E-state index in [4.69, 9.17) is 9.84 Å². The van der Waals surface area contributed by atoms with Gasteiger partial charge in [0.05, 0.1) is 0 Å². The van der Waals surface area contributed by atoms with Crippen LogP contribution in [0.4, 0.5) is 4.79 Å². The highest BCUT2D eigenvalue weighted by Crippen LogP contribution is 2.18. The molecule has 0 saturated heterocycles. The highest BCUT2D eigenvalue weighted by Gasteiger charge is 2.13. The standard InChI is InChI=1S/C41H79NO3/c1-4-5-6-7-8-9-10-11-16-19-22-25-28-31-34-37-40(45-41(43)44)38-35-32-29-26-23-20-17-14-12-13-15-18-21-24-27-30-33-36-39-42(2)3/h11,14,16-17,40H,4-10,12-13,15,18-39H2,1-3H3,(H,43,44). The van der Waals surface area contributed by atoms with Crippen molar-refractivity contribution in [1.29, 1.82) is 0 Å². The first kappa shape index (κ1) is 43.7. The predicted molar refractivity (Wildman–Crippen MR) is 199 cm³/mol. The monoisotopic (exact) mass is 634 g/mol. The molecular formula is C41H79NO3. The first-order valence-corrected chi connectivity index (χ1v) is 19.9. The maximum absolute atomic E-state index is 11.2. The van der Waals surface area contributed by atoms with Gasteiger partial charge in [-0.25, -0.2) is 4.79 Å². The van der Waals surface area contributed by atoms with Gasteiger partial charge in [0.15, 0.2) is 0 Å². The van der Waals surface area contributed by atoms with E-state index in [0.29, 0.717) is 0 Å². The van der Waals surface area contributed by atoms with Crippen LogP contribution in [0.2, 0.25) is 0 Å². The number of rotatable bonds is 36. The Labute approximate surface area is 282 Å². The lowest BCUT2D eigenvalue weighted by Gasteiger charge is -2.15. The van der Waals surface area contributed by atoms with Crippen LogP contribution in [0, 0.1) is 0 Å². The summed E-state index contributed by atoms with van der Waals surface area (Å²) in [7, 11) is 4.33. The Morgan fingerprint density at radius 1 is 0.511 bits per heavy atom. The van der Waals surface area contributed by atoms with Crippen molar-refractivity contribution in [3.05, 3.63) is 24.3 Å². The van der Waals surface area contributed by atoms with Crippen molar-refractivity contribution in [2.75, 3.05) is 20.6 Å². The normalized spacial score (nSPS) is 12.6. The Bertz CT molecular complexity index is 645. The molecule has 45 heavy (non-hydrogen) atoms. The second-order valence-electron chi connectivity index (χ2n) is 14.0. The van der Waals surface area contributed by atoms with Crippen molar-refractivity contribution in [2.24, 2.45) is 0 Å². The molecule has 0 radical (unpaired) electrons. The number of carboxylic acid groups (broad SMARTS) is 1. The third kappa shape index (κ3) is 38.8. The van der Waals surface area contributed by atoms with Crippen molar-refractivity contribution >= 4 is 6.16 Å². The number of nitrogens with zero attached hydrogens (tertiary/aromatic N) is 1. The zero-order valence-corrected chi connectivity index (χ0v) is 30.7. The molecule has 0 heterocycles. The number of hydrogen-bond acceptors (Lipinski definition) is 3. The van der Waals surface area contributed by atoms with E-state index in [2.05, 4.69) is 50.2 Å². The number of ether oxygens (including phenoxy) is 1. The molecule has 0 spiro atoms.